The first-order chi connectivity index (χ1) is 19.8. The quantitative estimate of drug-likeness (QED) is 0.210. The summed E-state index contributed by atoms with van der Waals surface area (Å²) in [6, 6.07) is 23.0. The molecule has 2 aromatic heterocycles. The van der Waals surface area contributed by atoms with Gasteiger partial charge in [-0.25, -0.2) is 9.07 Å². The molecule has 1 aliphatic carbocycles. The van der Waals surface area contributed by atoms with Crippen molar-refractivity contribution in [2.45, 2.75) is 45.7 Å². The Balaban J connectivity index is 1.51. The highest BCUT2D eigenvalue weighted by molar-refractivity contribution is 6.04. The van der Waals surface area contributed by atoms with Gasteiger partial charge in [-0.05, 0) is 53.6 Å². The van der Waals surface area contributed by atoms with Gasteiger partial charge in [0.1, 0.15) is 17.6 Å². The molecule has 1 aliphatic rings. The normalized spacial score (nSPS) is 14.0. The predicted octanol–water partition coefficient (Wildman–Crippen LogP) is 7.50. The van der Waals surface area contributed by atoms with Crippen molar-refractivity contribution in [3.8, 4) is 17.2 Å². The number of hydrogen-bond donors (Lipinski definition) is 2. The molecule has 2 heterocycles. The molecule has 0 saturated heterocycles. The molecular formula is C33H32FN7. The van der Waals surface area contributed by atoms with E-state index >= 15 is 0 Å². The van der Waals surface area contributed by atoms with Crippen molar-refractivity contribution in [3.05, 3.63) is 102 Å². The molecule has 1 saturated carbocycles. The van der Waals surface area contributed by atoms with Crippen LogP contribution < -0.4 is 10.6 Å². The molecule has 1 unspecified atom stereocenters. The molecule has 0 bridgehead atoms. The fraction of sp³-hybridized carbons (Fsp3) is 0.273. The van der Waals surface area contributed by atoms with Gasteiger partial charge in [-0.1, -0.05) is 68.4 Å². The van der Waals surface area contributed by atoms with Crippen LogP contribution in [0.5, 0.6) is 0 Å². The van der Waals surface area contributed by atoms with E-state index in [-0.39, 0.29) is 17.3 Å². The van der Waals surface area contributed by atoms with E-state index in [4.69, 9.17) is 4.98 Å². The summed E-state index contributed by atoms with van der Waals surface area (Å²) in [5.74, 6) is -0.295. The lowest BCUT2D eigenvalue weighted by molar-refractivity contribution is 0.443. The van der Waals surface area contributed by atoms with E-state index in [9.17, 15) is 9.65 Å². The van der Waals surface area contributed by atoms with Crippen LogP contribution in [0.15, 0.2) is 79.1 Å². The van der Waals surface area contributed by atoms with Crippen LogP contribution in [0, 0.1) is 22.6 Å². The first kappa shape index (κ1) is 26.5. The van der Waals surface area contributed by atoms with Gasteiger partial charge >= 0.3 is 0 Å². The number of fused-ring (bicyclic) bond motifs is 1. The number of rotatable bonds is 8. The molecule has 0 radical (unpaired) electrons. The smallest absolute Gasteiger partial charge is 0.123 e. The first-order valence-corrected chi connectivity index (χ1v) is 13.9. The van der Waals surface area contributed by atoms with Crippen LogP contribution in [0.2, 0.25) is 0 Å². The fourth-order valence-corrected chi connectivity index (χ4v) is 4.94. The molecule has 206 valence electrons. The first-order valence-electron chi connectivity index (χ1n) is 13.9. The number of anilines is 2. The Hall–Kier alpha value is -4.77. The Labute approximate surface area is 239 Å². The number of hydrogen-bond acceptors (Lipinski definition) is 6. The molecule has 2 N–H and O–H groups in total. The lowest BCUT2D eigenvalue weighted by Crippen LogP contribution is -2.20. The van der Waals surface area contributed by atoms with Crippen LogP contribution in [0.25, 0.3) is 22.0 Å². The SMILES string of the molecule is CC(C)(C)CNc1c(C#N)cnc2c(-c3ccccc3)cc(NC(c3ccc(F)cc3)c3cn(C4CC4)nn3)cc12. The van der Waals surface area contributed by atoms with Crippen LogP contribution in [0.3, 0.4) is 0 Å². The predicted molar refractivity (Wildman–Crippen MR) is 160 cm³/mol. The molecule has 0 spiro atoms. The average Bonchev–Trinajstić information content (AvgIpc) is 3.71. The Morgan fingerprint density at radius 3 is 2.51 bits per heavy atom. The van der Waals surface area contributed by atoms with Crippen molar-refractivity contribution in [1.82, 2.24) is 20.0 Å². The third kappa shape index (κ3) is 5.75. The maximum absolute atomic E-state index is 13.9. The summed E-state index contributed by atoms with van der Waals surface area (Å²) in [5.41, 5.74) is 6.43. The number of benzene rings is 3. The molecule has 1 fully saturated rings. The zero-order valence-electron chi connectivity index (χ0n) is 23.4. The minimum Gasteiger partial charge on any atom is -0.383 e. The second kappa shape index (κ2) is 10.7. The zero-order valence-corrected chi connectivity index (χ0v) is 23.4. The molecule has 6 rings (SSSR count). The molecule has 8 heteroatoms. The molecule has 5 aromatic rings. The highest BCUT2D eigenvalue weighted by atomic mass is 19.1. The second-order valence-electron chi connectivity index (χ2n) is 11.8. The monoisotopic (exact) mass is 545 g/mol. The lowest BCUT2D eigenvalue weighted by Gasteiger charge is -2.23. The Morgan fingerprint density at radius 1 is 1.07 bits per heavy atom. The molecule has 1 atom stereocenters. The number of halogens is 1. The summed E-state index contributed by atoms with van der Waals surface area (Å²) in [5, 5.41) is 26.9. The molecule has 0 aliphatic heterocycles. The van der Waals surface area contributed by atoms with Crippen LogP contribution in [0.1, 0.15) is 62.5 Å². The molecular weight excluding hydrogens is 513 g/mol. The minimum atomic E-state index is -0.373. The number of nitrogens with one attached hydrogen (secondary N) is 2. The van der Waals surface area contributed by atoms with Gasteiger partial charge in [0.2, 0.25) is 0 Å². The largest absolute Gasteiger partial charge is 0.383 e. The van der Waals surface area contributed by atoms with Crippen molar-refractivity contribution in [2.75, 3.05) is 17.2 Å². The maximum atomic E-state index is 13.9. The fourth-order valence-electron chi connectivity index (χ4n) is 4.94. The van der Waals surface area contributed by atoms with Gasteiger partial charge < -0.3 is 10.6 Å². The van der Waals surface area contributed by atoms with E-state index in [1.54, 1.807) is 18.3 Å². The molecule has 41 heavy (non-hydrogen) atoms. The van der Waals surface area contributed by atoms with Gasteiger partial charge in [0.25, 0.3) is 0 Å². The van der Waals surface area contributed by atoms with Crippen LogP contribution >= 0.6 is 0 Å². The van der Waals surface area contributed by atoms with E-state index in [1.807, 2.05) is 35.1 Å². The van der Waals surface area contributed by atoms with Gasteiger partial charge in [-0.2, -0.15) is 5.26 Å². The lowest BCUT2D eigenvalue weighted by atomic mass is 9.95. The van der Waals surface area contributed by atoms with Gasteiger partial charge in [-0.3, -0.25) is 4.98 Å². The number of nitriles is 1. The van der Waals surface area contributed by atoms with Crippen LogP contribution in [-0.2, 0) is 0 Å². The summed E-state index contributed by atoms with van der Waals surface area (Å²) < 4.78 is 15.8. The maximum Gasteiger partial charge on any atom is 0.123 e. The summed E-state index contributed by atoms with van der Waals surface area (Å²) in [6.45, 7) is 7.14. The van der Waals surface area contributed by atoms with Crippen molar-refractivity contribution < 1.29 is 4.39 Å². The Bertz CT molecular complexity index is 1730. The minimum absolute atomic E-state index is 0.00149. The number of pyridine rings is 1. The number of nitrogens with zero attached hydrogens (tertiary/aromatic N) is 5. The van der Waals surface area contributed by atoms with E-state index in [1.165, 1.54) is 12.1 Å². The van der Waals surface area contributed by atoms with Gasteiger partial charge in [0.15, 0.2) is 0 Å². The third-order valence-electron chi connectivity index (χ3n) is 7.23. The van der Waals surface area contributed by atoms with Crippen molar-refractivity contribution in [3.63, 3.8) is 0 Å². The van der Waals surface area contributed by atoms with E-state index in [0.29, 0.717) is 18.2 Å². The highest BCUT2D eigenvalue weighted by Gasteiger charge is 2.27. The van der Waals surface area contributed by atoms with E-state index in [0.717, 1.165) is 57.5 Å². The number of aromatic nitrogens is 4. The van der Waals surface area contributed by atoms with Crippen molar-refractivity contribution in [1.29, 1.82) is 5.26 Å². The summed E-state index contributed by atoms with van der Waals surface area (Å²) in [4.78, 5) is 4.75. The van der Waals surface area contributed by atoms with E-state index in [2.05, 4.69) is 66.0 Å². The molecule has 0 amide bonds. The van der Waals surface area contributed by atoms with Crippen LogP contribution in [0.4, 0.5) is 15.8 Å². The standard InChI is InChI=1S/C33H32FN7/c1-33(2,3)20-37-30-23(17-35)18-36-32-27(21-7-5-4-6-8-21)15-25(16-28(30)32)38-31(22-9-11-24(34)12-10-22)29-19-41(40-39-29)26-13-14-26/h4-12,15-16,18-19,26,31,38H,13-14,20H2,1-3H3,(H,36,37). The van der Waals surface area contributed by atoms with Crippen molar-refractivity contribution >= 4 is 22.3 Å². The summed E-state index contributed by atoms with van der Waals surface area (Å²) >= 11 is 0. The van der Waals surface area contributed by atoms with E-state index < -0.39 is 0 Å². The Kier molecular flexibility index (Phi) is 6.88. The van der Waals surface area contributed by atoms with Gasteiger partial charge in [0.05, 0.1) is 35.0 Å². The zero-order chi connectivity index (χ0) is 28.6. The Morgan fingerprint density at radius 2 is 1.83 bits per heavy atom. The van der Waals surface area contributed by atoms with Crippen molar-refractivity contribution in [2.24, 2.45) is 5.41 Å². The highest BCUT2D eigenvalue weighted by Crippen LogP contribution is 2.39. The molecule has 3 aromatic carbocycles. The average molecular weight is 546 g/mol. The van der Waals surface area contributed by atoms with Crippen LogP contribution in [-0.4, -0.2) is 26.5 Å². The van der Waals surface area contributed by atoms with Gasteiger partial charge in [-0.15, -0.1) is 5.10 Å². The third-order valence-corrected chi connectivity index (χ3v) is 7.23. The molecule has 7 nitrogen and oxygen atoms in total. The summed E-state index contributed by atoms with van der Waals surface area (Å²) in [6.07, 6.45) is 5.82. The van der Waals surface area contributed by atoms with Gasteiger partial charge in [0, 0.05) is 29.4 Å². The topological polar surface area (TPSA) is 91.5 Å². The second-order valence-corrected chi connectivity index (χ2v) is 11.8. The summed E-state index contributed by atoms with van der Waals surface area (Å²) in [7, 11) is 0.